The largest absolute Gasteiger partial charge is 0.422 e. The molecule has 0 aliphatic rings. The van der Waals surface area contributed by atoms with Crippen molar-refractivity contribution in [2.45, 2.75) is 95.3 Å². The molecule has 0 N–H and O–H groups in total. The van der Waals surface area contributed by atoms with E-state index in [0.717, 1.165) is 0 Å². The highest BCUT2D eigenvalue weighted by Crippen LogP contribution is 2.64. The fourth-order valence-corrected chi connectivity index (χ4v) is 5.95. The maximum atomic E-state index is 15.1. The molecule has 0 aromatic heterocycles. The minimum Gasteiger partial charge on any atom is -0.206 e. The average molecular weight is 550 g/mol. The van der Waals surface area contributed by atoms with Crippen molar-refractivity contribution >= 4 is 13.2 Å². The lowest BCUT2D eigenvalue weighted by atomic mass is 10.0. The van der Waals surface area contributed by atoms with Gasteiger partial charge in [0.1, 0.15) is 11.4 Å². The number of rotatable bonds is 14. The smallest absolute Gasteiger partial charge is 0.206 e. The van der Waals surface area contributed by atoms with Crippen LogP contribution in [0, 0.1) is 17.5 Å². The maximum Gasteiger partial charge on any atom is 0.422 e. The molecule has 0 nitrogen and oxygen atoms in total. The fourth-order valence-electron chi connectivity index (χ4n) is 3.47. The molecule has 0 aliphatic heterocycles. The Balaban J connectivity index is 3.61. The molecule has 13 heteroatoms. The number of hydrogen-bond acceptors (Lipinski definition) is 0. The van der Waals surface area contributed by atoms with Crippen molar-refractivity contribution in [3.05, 3.63) is 29.1 Å². The van der Waals surface area contributed by atoms with Crippen LogP contribution in [0.25, 0.3) is 0 Å². The average Bonchev–Trinajstić information content (AvgIpc) is 2.73. The maximum absolute atomic E-state index is 15.1. The lowest BCUT2D eigenvalue weighted by Gasteiger charge is -2.38. The summed E-state index contributed by atoms with van der Waals surface area (Å²) in [4.78, 5) is 0. The Bertz CT molecular complexity index is 820. The zero-order chi connectivity index (χ0) is 27.2. The minimum absolute atomic E-state index is 0.0479. The Kier molecular flexibility index (Phi) is 11.3. The highest BCUT2D eigenvalue weighted by atomic mass is 31.1. The molecule has 0 saturated heterocycles. The molecule has 204 valence electrons. The van der Waals surface area contributed by atoms with E-state index in [1.807, 2.05) is 0 Å². The number of alkyl halides is 9. The summed E-state index contributed by atoms with van der Waals surface area (Å²) in [5, 5.41) is -1.87. The third-order valence-corrected chi connectivity index (χ3v) is 8.10. The van der Waals surface area contributed by atoms with Gasteiger partial charge in [-0.1, -0.05) is 52.4 Å². The molecule has 1 atom stereocenters. The van der Waals surface area contributed by atoms with Crippen LogP contribution in [-0.4, -0.2) is 23.7 Å². The Hall–Kier alpha value is -1.19. The van der Waals surface area contributed by atoms with E-state index in [0.29, 0.717) is 25.7 Å². The van der Waals surface area contributed by atoms with Gasteiger partial charge in [0, 0.05) is 19.6 Å². The fraction of sp³-hybridized carbons (Fsp3) is 0.727. The van der Waals surface area contributed by atoms with Crippen molar-refractivity contribution in [1.29, 1.82) is 0 Å². The molecular weight excluding hydrogens is 523 g/mol. The second-order valence-electron chi connectivity index (χ2n) is 8.22. The SMILES string of the molecule is CCCCCCP(c1cc(F)c(F)c(C(F)(F)F)c1F)C(F)(F)C(F)(F)C(F)(F)CCCCCC. The molecule has 0 radical (unpaired) electrons. The first-order valence-electron chi connectivity index (χ1n) is 11.1. The van der Waals surface area contributed by atoms with Gasteiger partial charge in [-0.3, -0.25) is 0 Å². The van der Waals surface area contributed by atoms with Crippen LogP contribution in [-0.2, 0) is 6.18 Å². The van der Waals surface area contributed by atoms with Crippen molar-refractivity contribution in [3.63, 3.8) is 0 Å². The van der Waals surface area contributed by atoms with E-state index in [1.54, 1.807) is 13.8 Å². The molecule has 0 saturated carbocycles. The second-order valence-corrected chi connectivity index (χ2v) is 10.6. The summed E-state index contributed by atoms with van der Waals surface area (Å²) in [6.07, 6.45) is -7.54. The summed E-state index contributed by atoms with van der Waals surface area (Å²) in [5.41, 5.74) is -8.60. The Morgan fingerprint density at radius 3 is 1.69 bits per heavy atom. The Morgan fingerprint density at radius 1 is 0.686 bits per heavy atom. The predicted molar refractivity (Wildman–Crippen MR) is 110 cm³/mol. The van der Waals surface area contributed by atoms with Crippen molar-refractivity contribution in [2.24, 2.45) is 0 Å². The Labute approximate surface area is 197 Å². The van der Waals surface area contributed by atoms with E-state index >= 15 is 8.78 Å². The van der Waals surface area contributed by atoms with Crippen LogP contribution in [0.2, 0.25) is 0 Å². The molecular formula is C22H27F12P. The first-order valence-corrected chi connectivity index (χ1v) is 12.7. The summed E-state index contributed by atoms with van der Waals surface area (Å²) >= 11 is 0. The highest BCUT2D eigenvalue weighted by molar-refractivity contribution is 7.66. The van der Waals surface area contributed by atoms with Gasteiger partial charge in [-0.15, -0.1) is 0 Å². The molecule has 0 heterocycles. The Morgan fingerprint density at radius 2 is 1.20 bits per heavy atom. The number of unbranched alkanes of at least 4 members (excludes halogenated alkanes) is 6. The van der Waals surface area contributed by atoms with Gasteiger partial charge in [0.25, 0.3) is 0 Å². The quantitative estimate of drug-likeness (QED) is 0.0937. The van der Waals surface area contributed by atoms with Gasteiger partial charge in [-0.2, -0.15) is 39.5 Å². The van der Waals surface area contributed by atoms with Crippen molar-refractivity contribution in [3.8, 4) is 0 Å². The molecule has 35 heavy (non-hydrogen) atoms. The molecule has 0 bridgehead atoms. The van der Waals surface area contributed by atoms with Crippen molar-refractivity contribution in [1.82, 2.24) is 0 Å². The van der Waals surface area contributed by atoms with Crippen LogP contribution in [0.4, 0.5) is 52.7 Å². The van der Waals surface area contributed by atoms with E-state index in [1.165, 1.54) is 0 Å². The van der Waals surface area contributed by atoms with Gasteiger partial charge < -0.3 is 0 Å². The van der Waals surface area contributed by atoms with E-state index < -0.39 is 78.9 Å². The highest BCUT2D eigenvalue weighted by Gasteiger charge is 2.73. The minimum atomic E-state index is -6.08. The van der Waals surface area contributed by atoms with E-state index in [9.17, 15) is 43.9 Å². The van der Waals surface area contributed by atoms with Crippen LogP contribution < -0.4 is 5.30 Å². The molecule has 0 aliphatic carbocycles. The third-order valence-electron chi connectivity index (χ3n) is 5.47. The van der Waals surface area contributed by atoms with E-state index in [2.05, 4.69) is 0 Å². The lowest BCUT2D eigenvalue weighted by Crippen LogP contribution is -2.54. The van der Waals surface area contributed by atoms with Crippen LogP contribution in [0.5, 0.6) is 0 Å². The van der Waals surface area contributed by atoms with Crippen LogP contribution in [0.1, 0.15) is 77.2 Å². The zero-order valence-corrected chi connectivity index (χ0v) is 20.0. The summed E-state index contributed by atoms with van der Waals surface area (Å²) < 4.78 is 170. The second kappa shape index (κ2) is 12.4. The van der Waals surface area contributed by atoms with Crippen LogP contribution >= 0.6 is 7.92 Å². The molecule has 1 aromatic carbocycles. The molecule has 1 unspecified atom stereocenters. The van der Waals surface area contributed by atoms with Crippen LogP contribution in [0.3, 0.4) is 0 Å². The van der Waals surface area contributed by atoms with Crippen molar-refractivity contribution in [2.75, 3.05) is 6.16 Å². The van der Waals surface area contributed by atoms with Gasteiger partial charge in [-0.25, -0.2) is 13.2 Å². The van der Waals surface area contributed by atoms with E-state index in [4.69, 9.17) is 0 Å². The standard InChI is InChI=1S/C22H27F12P/c1-3-5-7-9-11-19(26,27)21(31,32)22(33,34)35(12-10-8-6-4-2)15-13-14(23)17(24)16(18(15)25)20(28,29)30/h13H,3-12H2,1-2H3. The molecule has 1 aromatic rings. The molecule has 0 spiro atoms. The van der Waals surface area contributed by atoms with Gasteiger partial charge in [0.2, 0.25) is 0 Å². The van der Waals surface area contributed by atoms with Gasteiger partial charge in [0.15, 0.2) is 11.6 Å². The molecule has 1 rings (SSSR count). The van der Waals surface area contributed by atoms with E-state index in [-0.39, 0.29) is 25.3 Å². The summed E-state index contributed by atoms with van der Waals surface area (Å²) in [7, 11) is -4.15. The molecule has 0 amide bonds. The predicted octanol–water partition coefficient (Wildman–Crippen LogP) is 9.64. The summed E-state index contributed by atoms with van der Waals surface area (Å²) in [6.45, 7) is 3.38. The summed E-state index contributed by atoms with van der Waals surface area (Å²) in [5.74, 6) is -19.2. The monoisotopic (exact) mass is 550 g/mol. The van der Waals surface area contributed by atoms with Gasteiger partial charge >= 0.3 is 23.7 Å². The van der Waals surface area contributed by atoms with Crippen molar-refractivity contribution < 1.29 is 52.7 Å². The number of hydrogen-bond donors (Lipinski definition) is 0. The lowest BCUT2D eigenvalue weighted by molar-refractivity contribution is -0.280. The summed E-state index contributed by atoms with van der Waals surface area (Å²) in [6, 6.07) is -0.366. The van der Waals surface area contributed by atoms with Crippen LogP contribution in [0.15, 0.2) is 6.07 Å². The molecule has 0 fully saturated rings. The normalized spacial score (nSPS) is 14.5. The first-order chi connectivity index (χ1) is 16.0. The first kappa shape index (κ1) is 31.8. The van der Waals surface area contributed by atoms with Gasteiger partial charge in [0.05, 0.1) is 0 Å². The topological polar surface area (TPSA) is 0 Å². The number of benzene rings is 1. The third kappa shape index (κ3) is 7.19. The van der Waals surface area contributed by atoms with Gasteiger partial charge in [-0.05, 0) is 25.1 Å². The zero-order valence-electron chi connectivity index (χ0n) is 19.1. The number of halogens is 12.